The molecular formula is C11H14BrF2NO. The second kappa shape index (κ2) is 6.15. The third-order valence-electron chi connectivity index (χ3n) is 1.94. The van der Waals surface area contributed by atoms with Gasteiger partial charge in [0.05, 0.1) is 0 Å². The Morgan fingerprint density at radius 1 is 1.38 bits per heavy atom. The molecule has 90 valence electrons. The van der Waals surface area contributed by atoms with E-state index in [4.69, 9.17) is 0 Å². The van der Waals surface area contributed by atoms with E-state index in [0.717, 1.165) is 4.47 Å². The molecule has 0 bridgehead atoms. The van der Waals surface area contributed by atoms with Crippen LogP contribution in [0.3, 0.4) is 0 Å². The highest BCUT2D eigenvalue weighted by Gasteiger charge is 2.10. The van der Waals surface area contributed by atoms with Gasteiger partial charge in [-0.25, -0.2) is 0 Å². The Morgan fingerprint density at radius 2 is 2.06 bits per heavy atom. The molecule has 0 unspecified atom stereocenters. The summed E-state index contributed by atoms with van der Waals surface area (Å²) in [7, 11) is 0. The molecule has 1 rings (SSSR count). The van der Waals surface area contributed by atoms with E-state index in [0.29, 0.717) is 18.2 Å². The van der Waals surface area contributed by atoms with Gasteiger partial charge in [0, 0.05) is 22.6 Å². The predicted octanol–water partition coefficient (Wildman–Crippen LogP) is 3.55. The van der Waals surface area contributed by atoms with Crippen LogP contribution in [0.2, 0.25) is 0 Å². The lowest BCUT2D eigenvalue weighted by atomic mass is 10.2. The quantitative estimate of drug-likeness (QED) is 0.896. The maximum absolute atomic E-state index is 12.1. The van der Waals surface area contributed by atoms with Crippen molar-refractivity contribution in [3.05, 3.63) is 28.2 Å². The van der Waals surface area contributed by atoms with E-state index >= 15 is 0 Å². The van der Waals surface area contributed by atoms with Gasteiger partial charge in [0.2, 0.25) is 0 Å². The molecule has 1 N–H and O–H groups in total. The Hall–Kier alpha value is -0.680. The molecule has 1 aromatic carbocycles. The van der Waals surface area contributed by atoms with E-state index < -0.39 is 6.61 Å². The van der Waals surface area contributed by atoms with Crippen LogP contribution in [0.1, 0.15) is 19.4 Å². The first-order valence-electron chi connectivity index (χ1n) is 4.95. The van der Waals surface area contributed by atoms with Gasteiger partial charge in [-0.05, 0) is 18.2 Å². The van der Waals surface area contributed by atoms with Crippen LogP contribution in [0.5, 0.6) is 5.75 Å². The van der Waals surface area contributed by atoms with Crippen molar-refractivity contribution < 1.29 is 13.5 Å². The summed E-state index contributed by atoms with van der Waals surface area (Å²) in [5.74, 6) is 0.214. The van der Waals surface area contributed by atoms with E-state index in [1.807, 2.05) is 13.8 Å². The first-order valence-corrected chi connectivity index (χ1v) is 5.75. The minimum absolute atomic E-state index is 0.214. The number of benzene rings is 1. The zero-order valence-corrected chi connectivity index (χ0v) is 10.7. The fraction of sp³-hybridized carbons (Fsp3) is 0.455. The van der Waals surface area contributed by atoms with Crippen molar-refractivity contribution in [3.8, 4) is 5.75 Å². The maximum atomic E-state index is 12.1. The molecule has 0 radical (unpaired) electrons. The number of halogens is 3. The molecule has 0 aliphatic rings. The molecule has 0 aliphatic heterocycles. The number of rotatable bonds is 5. The third kappa shape index (κ3) is 4.45. The van der Waals surface area contributed by atoms with Crippen LogP contribution >= 0.6 is 15.9 Å². The average molecular weight is 294 g/mol. The highest BCUT2D eigenvalue weighted by molar-refractivity contribution is 9.10. The Morgan fingerprint density at radius 3 is 2.62 bits per heavy atom. The normalized spacial score (nSPS) is 11.2. The van der Waals surface area contributed by atoms with Crippen LogP contribution in [0, 0.1) is 0 Å². The molecule has 0 heterocycles. The number of hydrogen-bond donors (Lipinski definition) is 1. The molecule has 0 spiro atoms. The molecule has 1 aromatic rings. The molecule has 2 nitrogen and oxygen atoms in total. The zero-order chi connectivity index (χ0) is 12.1. The first kappa shape index (κ1) is 13.4. The van der Waals surface area contributed by atoms with E-state index in [2.05, 4.69) is 26.0 Å². The van der Waals surface area contributed by atoms with Crippen LogP contribution in [-0.4, -0.2) is 12.7 Å². The Balaban J connectivity index is 2.81. The molecule has 16 heavy (non-hydrogen) atoms. The maximum Gasteiger partial charge on any atom is 0.387 e. The van der Waals surface area contributed by atoms with Crippen molar-refractivity contribution in [2.45, 2.75) is 33.0 Å². The molecule has 0 aromatic heterocycles. The van der Waals surface area contributed by atoms with Gasteiger partial charge in [0.1, 0.15) is 5.75 Å². The van der Waals surface area contributed by atoms with Gasteiger partial charge in [-0.2, -0.15) is 8.78 Å². The third-order valence-corrected chi connectivity index (χ3v) is 2.43. The van der Waals surface area contributed by atoms with Gasteiger partial charge in [0.15, 0.2) is 0 Å². The number of alkyl halides is 2. The molecule has 0 amide bonds. The van der Waals surface area contributed by atoms with Crippen molar-refractivity contribution in [3.63, 3.8) is 0 Å². The van der Waals surface area contributed by atoms with Gasteiger partial charge in [0.25, 0.3) is 0 Å². The highest BCUT2D eigenvalue weighted by atomic mass is 79.9. The zero-order valence-electron chi connectivity index (χ0n) is 9.14. The topological polar surface area (TPSA) is 21.3 Å². The summed E-state index contributed by atoms with van der Waals surface area (Å²) in [5.41, 5.74) is 0.711. The summed E-state index contributed by atoms with van der Waals surface area (Å²) in [5, 5.41) is 3.16. The van der Waals surface area contributed by atoms with Crippen molar-refractivity contribution in [1.82, 2.24) is 5.32 Å². The molecule has 0 saturated carbocycles. The van der Waals surface area contributed by atoms with Crippen molar-refractivity contribution in [2.24, 2.45) is 0 Å². The lowest BCUT2D eigenvalue weighted by molar-refractivity contribution is -0.0505. The number of ether oxygens (including phenoxy) is 1. The second-order valence-corrected chi connectivity index (χ2v) is 4.58. The number of hydrogen-bond acceptors (Lipinski definition) is 2. The number of nitrogens with one attached hydrogen (secondary N) is 1. The first-order chi connectivity index (χ1) is 7.49. The van der Waals surface area contributed by atoms with Crippen LogP contribution in [0.25, 0.3) is 0 Å². The summed E-state index contributed by atoms with van der Waals surface area (Å²) >= 11 is 3.30. The average Bonchev–Trinajstić information content (AvgIpc) is 2.17. The molecule has 0 atom stereocenters. The van der Waals surface area contributed by atoms with Gasteiger partial charge in [-0.1, -0.05) is 29.8 Å². The molecule has 0 aliphatic carbocycles. The SMILES string of the molecule is CC(C)NCc1cc(Br)ccc1OC(F)F. The molecular weight excluding hydrogens is 280 g/mol. The van der Waals surface area contributed by atoms with Gasteiger partial charge >= 0.3 is 6.61 Å². The summed E-state index contributed by atoms with van der Waals surface area (Å²) < 4.78 is 29.6. The van der Waals surface area contributed by atoms with Gasteiger partial charge in [-0.3, -0.25) is 0 Å². The van der Waals surface area contributed by atoms with E-state index in [1.54, 1.807) is 12.1 Å². The minimum atomic E-state index is -2.79. The van der Waals surface area contributed by atoms with E-state index in [1.165, 1.54) is 6.07 Å². The van der Waals surface area contributed by atoms with Gasteiger partial charge in [-0.15, -0.1) is 0 Å². The Labute approximate surface area is 102 Å². The smallest absolute Gasteiger partial charge is 0.387 e. The van der Waals surface area contributed by atoms with Crippen LogP contribution < -0.4 is 10.1 Å². The predicted molar refractivity (Wildman–Crippen MR) is 62.7 cm³/mol. The standard InChI is InChI=1S/C11H14BrF2NO/c1-7(2)15-6-8-5-9(12)3-4-10(8)16-11(13)14/h3-5,7,11,15H,6H2,1-2H3. The van der Waals surface area contributed by atoms with Crippen molar-refractivity contribution in [1.29, 1.82) is 0 Å². The minimum Gasteiger partial charge on any atom is -0.434 e. The van der Waals surface area contributed by atoms with E-state index in [9.17, 15) is 8.78 Å². The monoisotopic (exact) mass is 293 g/mol. The Bertz CT molecular complexity index is 345. The second-order valence-electron chi connectivity index (χ2n) is 3.67. The van der Waals surface area contributed by atoms with Gasteiger partial charge < -0.3 is 10.1 Å². The highest BCUT2D eigenvalue weighted by Crippen LogP contribution is 2.24. The summed E-state index contributed by atoms with van der Waals surface area (Å²) in [6, 6.07) is 5.27. The summed E-state index contributed by atoms with van der Waals surface area (Å²) in [6.07, 6.45) is 0. The Kier molecular flexibility index (Phi) is 5.15. The van der Waals surface area contributed by atoms with Crippen molar-refractivity contribution >= 4 is 15.9 Å². The fourth-order valence-corrected chi connectivity index (χ4v) is 1.62. The molecule has 0 saturated heterocycles. The van der Waals surface area contributed by atoms with Crippen LogP contribution in [0.15, 0.2) is 22.7 Å². The largest absolute Gasteiger partial charge is 0.434 e. The lowest BCUT2D eigenvalue weighted by Crippen LogP contribution is -2.22. The summed E-state index contributed by atoms with van der Waals surface area (Å²) in [4.78, 5) is 0. The lowest BCUT2D eigenvalue weighted by Gasteiger charge is -2.13. The van der Waals surface area contributed by atoms with E-state index in [-0.39, 0.29) is 5.75 Å². The fourth-order valence-electron chi connectivity index (χ4n) is 1.21. The van der Waals surface area contributed by atoms with Crippen molar-refractivity contribution in [2.75, 3.05) is 0 Å². The molecule has 5 heteroatoms. The van der Waals surface area contributed by atoms with Crippen LogP contribution in [-0.2, 0) is 6.54 Å². The van der Waals surface area contributed by atoms with Crippen LogP contribution in [0.4, 0.5) is 8.78 Å². The summed E-state index contributed by atoms with van der Waals surface area (Å²) in [6.45, 7) is 1.69. The molecule has 0 fully saturated rings.